The Bertz CT molecular complexity index is 488. The minimum Gasteiger partial charge on any atom is -0.348 e. The molecule has 1 saturated heterocycles. The Morgan fingerprint density at radius 2 is 2.10 bits per heavy atom. The van der Waals surface area contributed by atoms with Crippen molar-refractivity contribution < 1.29 is 4.79 Å². The van der Waals surface area contributed by atoms with E-state index < -0.39 is 0 Å². The third kappa shape index (κ3) is 2.77. The van der Waals surface area contributed by atoms with Crippen molar-refractivity contribution in [3.8, 4) is 0 Å². The summed E-state index contributed by atoms with van der Waals surface area (Å²) >= 11 is 3.43. The molecule has 0 radical (unpaired) electrons. The average molecular weight is 337 g/mol. The standard InChI is InChI=1S/C16H21BrN2O/c1-10(11-5-7-13(17)8-6-11)19-16(20)15-14-4-2-3-12(14)9-18-15/h5-8,10,12,14-15,18H,2-4,9H2,1H3,(H,19,20)/t10-,12?,14?,15?/m0/s1. The van der Waals surface area contributed by atoms with Crippen molar-refractivity contribution in [2.75, 3.05) is 6.54 Å². The lowest BCUT2D eigenvalue weighted by molar-refractivity contribution is -0.124. The van der Waals surface area contributed by atoms with Crippen molar-refractivity contribution in [2.24, 2.45) is 11.8 Å². The van der Waals surface area contributed by atoms with Crippen LogP contribution in [0.4, 0.5) is 0 Å². The van der Waals surface area contributed by atoms with Gasteiger partial charge in [0.05, 0.1) is 12.1 Å². The second-order valence-electron chi connectivity index (χ2n) is 6.02. The normalized spacial score (nSPS) is 30.0. The molecule has 2 N–H and O–H groups in total. The number of nitrogens with one attached hydrogen (secondary N) is 2. The molecule has 1 aromatic rings. The zero-order valence-corrected chi connectivity index (χ0v) is 13.3. The Kier molecular flexibility index (Phi) is 4.13. The van der Waals surface area contributed by atoms with Gasteiger partial charge in [-0.05, 0) is 55.8 Å². The molecule has 4 atom stereocenters. The van der Waals surface area contributed by atoms with Crippen molar-refractivity contribution in [1.82, 2.24) is 10.6 Å². The molecule has 1 aliphatic carbocycles. The summed E-state index contributed by atoms with van der Waals surface area (Å²) in [6, 6.07) is 8.20. The van der Waals surface area contributed by atoms with Gasteiger partial charge in [-0.25, -0.2) is 0 Å². The first kappa shape index (κ1) is 14.1. The van der Waals surface area contributed by atoms with Crippen LogP contribution >= 0.6 is 15.9 Å². The van der Waals surface area contributed by atoms with E-state index in [1.54, 1.807) is 0 Å². The summed E-state index contributed by atoms with van der Waals surface area (Å²) in [7, 11) is 0. The maximum absolute atomic E-state index is 12.5. The van der Waals surface area contributed by atoms with Crippen LogP contribution in [-0.4, -0.2) is 18.5 Å². The number of halogens is 1. The fourth-order valence-electron chi connectivity index (χ4n) is 3.61. The highest BCUT2D eigenvalue weighted by Crippen LogP contribution is 2.37. The Morgan fingerprint density at radius 1 is 1.35 bits per heavy atom. The number of fused-ring (bicyclic) bond motifs is 1. The molecular weight excluding hydrogens is 316 g/mol. The summed E-state index contributed by atoms with van der Waals surface area (Å²) in [6.07, 6.45) is 3.76. The molecule has 20 heavy (non-hydrogen) atoms. The smallest absolute Gasteiger partial charge is 0.237 e. The molecule has 1 aliphatic heterocycles. The first-order valence-electron chi connectivity index (χ1n) is 7.44. The van der Waals surface area contributed by atoms with Crippen LogP contribution in [0.5, 0.6) is 0 Å². The highest BCUT2D eigenvalue weighted by molar-refractivity contribution is 9.10. The Hall–Kier alpha value is -0.870. The molecule has 1 heterocycles. The van der Waals surface area contributed by atoms with E-state index in [0.717, 1.165) is 16.6 Å². The van der Waals surface area contributed by atoms with Gasteiger partial charge in [0.25, 0.3) is 0 Å². The Labute approximate surface area is 128 Å². The van der Waals surface area contributed by atoms with Gasteiger partial charge in [-0.1, -0.05) is 34.5 Å². The van der Waals surface area contributed by atoms with Crippen molar-refractivity contribution in [3.63, 3.8) is 0 Å². The van der Waals surface area contributed by atoms with E-state index in [1.807, 2.05) is 19.1 Å². The van der Waals surface area contributed by atoms with Crippen molar-refractivity contribution >= 4 is 21.8 Å². The zero-order valence-electron chi connectivity index (χ0n) is 11.7. The van der Waals surface area contributed by atoms with Crippen LogP contribution < -0.4 is 10.6 Å². The molecule has 0 bridgehead atoms. The van der Waals surface area contributed by atoms with Gasteiger partial charge in [-0.15, -0.1) is 0 Å². The molecule has 2 aliphatic rings. The zero-order chi connectivity index (χ0) is 14.1. The summed E-state index contributed by atoms with van der Waals surface area (Å²) in [6.45, 7) is 3.05. The average Bonchev–Trinajstić information content (AvgIpc) is 3.01. The Morgan fingerprint density at radius 3 is 2.85 bits per heavy atom. The molecule has 4 heteroatoms. The highest BCUT2D eigenvalue weighted by atomic mass is 79.9. The second kappa shape index (κ2) is 5.86. The maximum Gasteiger partial charge on any atom is 0.237 e. The van der Waals surface area contributed by atoms with Crippen LogP contribution in [0.15, 0.2) is 28.7 Å². The monoisotopic (exact) mass is 336 g/mol. The number of carbonyl (C=O) groups excluding carboxylic acids is 1. The lowest BCUT2D eigenvalue weighted by Crippen LogP contribution is -2.44. The Balaban J connectivity index is 1.62. The van der Waals surface area contributed by atoms with E-state index >= 15 is 0 Å². The third-order valence-corrected chi connectivity index (χ3v) is 5.29. The van der Waals surface area contributed by atoms with E-state index in [-0.39, 0.29) is 18.0 Å². The van der Waals surface area contributed by atoms with Crippen molar-refractivity contribution in [2.45, 2.75) is 38.3 Å². The number of benzene rings is 1. The van der Waals surface area contributed by atoms with E-state index in [9.17, 15) is 4.79 Å². The van der Waals surface area contributed by atoms with Crippen LogP contribution in [0.3, 0.4) is 0 Å². The molecule has 1 saturated carbocycles. The fourth-order valence-corrected chi connectivity index (χ4v) is 3.88. The van der Waals surface area contributed by atoms with Gasteiger partial charge in [0.1, 0.15) is 0 Å². The van der Waals surface area contributed by atoms with Crippen LogP contribution in [0, 0.1) is 11.8 Å². The van der Waals surface area contributed by atoms with Crippen LogP contribution in [0.2, 0.25) is 0 Å². The van der Waals surface area contributed by atoms with Crippen LogP contribution in [-0.2, 0) is 4.79 Å². The highest BCUT2D eigenvalue weighted by Gasteiger charge is 2.42. The molecule has 1 aromatic carbocycles. The predicted molar refractivity (Wildman–Crippen MR) is 83.3 cm³/mol. The molecule has 2 fully saturated rings. The fraction of sp³-hybridized carbons (Fsp3) is 0.562. The molecule has 0 spiro atoms. The molecule has 0 aromatic heterocycles. The number of rotatable bonds is 3. The molecule has 108 valence electrons. The topological polar surface area (TPSA) is 41.1 Å². The number of carbonyl (C=O) groups is 1. The van der Waals surface area contributed by atoms with Gasteiger partial charge < -0.3 is 10.6 Å². The van der Waals surface area contributed by atoms with Gasteiger partial charge >= 0.3 is 0 Å². The quantitative estimate of drug-likeness (QED) is 0.890. The lowest BCUT2D eigenvalue weighted by Gasteiger charge is -2.21. The SMILES string of the molecule is C[C@H](NC(=O)C1NCC2CCCC21)c1ccc(Br)cc1. The third-order valence-electron chi connectivity index (χ3n) is 4.76. The number of hydrogen-bond acceptors (Lipinski definition) is 2. The number of amides is 1. The summed E-state index contributed by atoms with van der Waals surface area (Å²) in [5, 5.41) is 6.56. The maximum atomic E-state index is 12.5. The van der Waals surface area contributed by atoms with Gasteiger partial charge in [-0.2, -0.15) is 0 Å². The largest absolute Gasteiger partial charge is 0.348 e. The first-order chi connectivity index (χ1) is 9.65. The van der Waals surface area contributed by atoms with Crippen LogP contribution in [0.1, 0.15) is 37.8 Å². The molecule has 1 amide bonds. The minimum atomic E-state index is 0.0143. The summed E-state index contributed by atoms with van der Waals surface area (Å²) in [5.41, 5.74) is 1.14. The summed E-state index contributed by atoms with van der Waals surface area (Å²) in [4.78, 5) is 12.5. The van der Waals surface area contributed by atoms with E-state index in [0.29, 0.717) is 11.8 Å². The summed E-state index contributed by atoms with van der Waals surface area (Å²) in [5.74, 6) is 1.43. The van der Waals surface area contributed by atoms with Gasteiger partial charge in [0, 0.05) is 4.47 Å². The first-order valence-corrected chi connectivity index (χ1v) is 8.23. The molecule has 3 rings (SSSR count). The molecular formula is C16H21BrN2O. The van der Waals surface area contributed by atoms with E-state index in [1.165, 1.54) is 19.3 Å². The van der Waals surface area contributed by atoms with Gasteiger partial charge in [0.15, 0.2) is 0 Å². The number of hydrogen-bond donors (Lipinski definition) is 2. The predicted octanol–water partition coefficient (Wildman–Crippen LogP) is 3.01. The molecule has 3 nitrogen and oxygen atoms in total. The van der Waals surface area contributed by atoms with E-state index in [2.05, 4.69) is 38.7 Å². The minimum absolute atomic E-state index is 0.0143. The van der Waals surface area contributed by atoms with E-state index in [4.69, 9.17) is 0 Å². The molecule has 3 unspecified atom stereocenters. The van der Waals surface area contributed by atoms with Crippen molar-refractivity contribution in [1.29, 1.82) is 0 Å². The second-order valence-corrected chi connectivity index (χ2v) is 6.94. The van der Waals surface area contributed by atoms with Gasteiger partial charge in [0.2, 0.25) is 5.91 Å². The summed E-state index contributed by atoms with van der Waals surface area (Å²) < 4.78 is 1.06. The lowest BCUT2D eigenvalue weighted by atomic mass is 9.93. The van der Waals surface area contributed by atoms with Crippen molar-refractivity contribution in [3.05, 3.63) is 34.3 Å². The van der Waals surface area contributed by atoms with Gasteiger partial charge in [-0.3, -0.25) is 4.79 Å². The van der Waals surface area contributed by atoms with Crippen LogP contribution in [0.25, 0.3) is 0 Å².